The van der Waals surface area contributed by atoms with Crippen molar-refractivity contribution in [2.24, 2.45) is 0 Å². The second-order valence-electron chi connectivity index (χ2n) is 4.99. The van der Waals surface area contributed by atoms with Gasteiger partial charge in [-0.25, -0.2) is 13.1 Å². The van der Waals surface area contributed by atoms with Crippen LogP contribution in [0.3, 0.4) is 0 Å². The van der Waals surface area contributed by atoms with Gasteiger partial charge in [0.05, 0.1) is 5.25 Å². The fourth-order valence-electron chi connectivity index (χ4n) is 2.00. The van der Waals surface area contributed by atoms with Crippen molar-refractivity contribution in [1.29, 1.82) is 0 Å². The molecule has 6 heteroatoms. The Morgan fingerprint density at radius 2 is 2.00 bits per heavy atom. The highest BCUT2D eigenvalue weighted by Crippen LogP contribution is 2.14. The van der Waals surface area contributed by atoms with Crippen LogP contribution in [-0.2, 0) is 14.8 Å². The Bertz CT molecular complexity index is 326. The molecule has 108 valence electrons. The molecule has 0 bridgehead atoms. The third kappa shape index (κ3) is 4.84. The molecule has 0 saturated carbocycles. The summed E-state index contributed by atoms with van der Waals surface area (Å²) in [5.41, 5.74) is 0. The van der Waals surface area contributed by atoms with Crippen molar-refractivity contribution in [2.75, 3.05) is 33.4 Å². The molecule has 0 amide bonds. The second-order valence-corrected chi connectivity index (χ2v) is 7.03. The smallest absolute Gasteiger partial charge is 0.214 e. The first-order chi connectivity index (χ1) is 8.47. The van der Waals surface area contributed by atoms with Gasteiger partial charge in [0.15, 0.2) is 0 Å². The summed E-state index contributed by atoms with van der Waals surface area (Å²) in [4.78, 5) is 2.17. The zero-order chi connectivity index (χ0) is 13.6. The molecule has 0 unspecified atom stereocenters. The zero-order valence-corrected chi connectivity index (χ0v) is 12.5. The summed E-state index contributed by atoms with van der Waals surface area (Å²) in [6.45, 7) is 6.62. The molecule has 5 nitrogen and oxygen atoms in total. The summed E-state index contributed by atoms with van der Waals surface area (Å²) in [5, 5.41) is -0.278. The summed E-state index contributed by atoms with van der Waals surface area (Å²) >= 11 is 0. The van der Waals surface area contributed by atoms with Crippen LogP contribution in [-0.4, -0.2) is 58.0 Å². The van der Waals surface area contributed by atoms with E-state index in [1.165, 1.54) is 0 Å². The number of rotatable bonds is 7. The van der Waals surface area contributed by atoms with Crippen LogP contribution in [0.15, 0.2) is 0 Å². The van der Waals surface area contributed by atoms with E-state index in [1.54, 1.807) is 0 Å². The van der Waals surface area contributed by atoms with E-state index in [0.717, 1.165) is 13.0 Å². The Kier molecular flexibility index (Phi) is 6.55. The highest BCUT2D eigenvalue weighted by molar-refractivity contribution is 7.90. The van der Waals surface area contributed by atoms with E-state index in [1.807, 2.05) is 7.05 Å². The average molecular weight is 278 g/mol. The molecular weight excluding hydrogens is 252 g/mol. The summed E-state index contributed by atoms with van der Waals surface area (Å²) in [7, 11) is -1.14. The number of hydrogen-bond acceptors (Lipinski definition) is 4. The molecule has 0 aromatic carbocycles. The van der Waals surface area contributed by atoms with Crippen molar-refractivity contribution in [3.8, 4) is 0 Å². The Labute approximate surface area is 111 Å². The van der Waals surface area contributed by atoms with Crippen molar-refractivity contribution in [2.45, 2.75) is 44.4 Å². The van der Waals surface area contributed by atoms with Crippen LogP contribution in [0.1, 0.15) is 33.1 Å². The van der Waals surface area contributed by atoms with Crippen molar-refractivity contribution in [3.05, 3.63) is 0 Å². The van der Waals surface area contributed by atoms with Crippen LogP contribution < -0.4 is 4.72 Å². The van der Waals surface area contributed by atoms with E-state index < -0.39 is 10.0 Å². The maximum absolute atomic E-state index is 12.0. The Hall–Kier alpha value is -0.170. The monoisotopic (exact) mass is 278 g/mol. The lowest BCUT2D eigenvalue weighted by Crippen LogP contribution is -2.42. The van der Waals surface area contributed by atoms with Gasteiger partial charge in [0.2, 0.25) is 10.0 Å². The normalized spacial score (nSPS) is 20.2. The molecule has 0 aromatic rings. The van der Waals surface area contributed by atoms with Gasteiger partial charge in [0, 0.05) is 32.3 Å². The summed E-state index contributed by atoms with van der Waals surface area (Å²) in [5.74, 6) is 0. The minimum Gasteiger partial charge on any atom is -0.381 e. The predicted molar refractivity (Wildman–Crippen MR) is 73.1 cm³/mol. The highest BCUT2D eigenvalue weighted by atomic mass is 32.2. The molecule has 0 spiro atoms. The van der Waals surface area contributed by atoms with Crippen LogP contribution >= 0.6 is 0 Å². The molecule has 0 radical (unpaired) electrons. The van der Waals surface area contributed by atoms with Crippen LogP contribution in [0, 0.1) is 0 Å². The number of nitrogens with one attached hydrogen (secondary N) is 1. The summed E-state index contributed by atoms with van der Waals surface area (Å²) < 4.78 is 31.9. The average Bonchev–Trinajstić information content (AvgIpc) is 2.38. The summed E-state index contributed by atoms with van der Waals surface area (Å²) in [6.07, 6.45) is 2.29. The van der Waals surface area contributed by atoms with Crippen molar-refractivity contribution in [1.82, 2.24) is 9.62 Å². The fourth-order valence-corrected chi connectivity index (χ4v) is 3.42. The molecule has 1 aliphatic rings. The van der Waals surface area contributed by atoms with Crippen molar-refractivity contribution < 1.29 is 13.2 Å². The van der Waals surface area contributed by atoms with Crippen LogP contribution in [0.4, 0.5) is 0 Å². The number of sulfonamides is 1. The fraction of sp³-hybridized carbons (Fsp3) is 1.00. The second kappa shape index (κ2) is 7.43. The Morgan fingerprint density at radius 1 is 1.39 bits per heavy atom. The van der Waals surface area contributed by atoms with E-state index in [9.17, 15) is 8.42 Å². The first-order valence-electron chi connectivity index (χ1n) is 6.73. The lowest BCUT2D eigenvalue weighted by molar-refractivity contribution is 0.0981. The van der Waals surface area contributed by atoms with Gasteiger partial charge in [-0.2, -0.15) is 0 Å². The third-order valence-electron chi connectivity index (χ3n) is 3.72. The summed E-state index contributed by atoms with van der Waals surface area (Å²) in [6, 6.07) is 0.484. The van der Waals surface area contributed by atoms with Gasteiger partial charge >= 0.3 is 0 Å². The van der Waals surface area contributed by atoms with Gasteiger partial charge in [0.1, 0.15) is 0 Å². The van der Waals surface area contributed by atoms with Crippen LogP contribution in [0.25, 0.3) is 0 Å². The van der Waals surface area contributed by atoms with Crippen LogP contribution in [0.2, 0.25) is 0 Å². The maximum atomic E-state index is 12.0. The Morgan fingerprint density at radius 3 is 2.56 bits per heavy atom. The topological polar surface area (TPSA) is 58.6 Å². The lowest BCUT2D eigenvalue weighted by Gasteiger charge is -2.25. The molecule has 1 saturated heterocycles. The van der Waals surface area contributed by atoms with Crippen molar-refractivity contribution >= 4 is 10.0 Å². The minimum absolute atomic E-state index is 0.278. The van der Waals surface area contributed by atoms with Gasteiger partial charge in [0.25, 0.3) is 0 Å². The predicted octanol–water partition coefficient (Wildman–Crippen LogP) is 0.815. The number of ether oxygens (including phenoxy) is 1. The van der Waals surface area contributed by atoms with Crippen molar-refractivity contribution in [3.63, 3.8) is 0 Å². The molecule has 0 aromatic heterocycles. The van der Waals surface area contributed by atoms with Gasteiger partial charge < -0.3 is 9.64 Å². The van der Waals surface area contributed by atoms with E-state index in [-0.39, 0.29) is 5.25 Å². The number of likely N-dealkylation sites (N-methyl/N-ethyl adjacent to an activating group) is 1. The lowest BCUT2D eigenvalue weighted by atomic mass is 10.2. The van der Waals surface area contributed by atoms with Gasteiger partial charge in [-0.1, -0.05) is 6.92 Å². The van der Waals surface area contributed by atoms with Crippen LogP contribution in [0.5, 0.6) is 0 Å². The first-order valence-corrected chi connectivity index (χ1v) is 8.28. The highest BCUT2D eigenvalue weighted by Gasteiger charge is 2.27. The largest absolute Gasteiger partial charge is 0.381 e. The number of hydrogen-bond donors (Lipinski definition) is 1. The Balaban J connectivity index is 2.33. The number of nitrogens with zero attached hydrogens (tertiary/aromatic N) is 1. The molecule has 1 fully saturated rings. The molecule has 0 aliphatic carbocycles. The molecule has 1 aliphatic heterocycles. The zero-order valence-electron chi connectivity index (χ0n) is 11.7. The molecule has 18 heavy (non-hydrogen) atoms. The molecule has 1 rings (SSSR count). The molecule has 1 atom stereocenters. The third-order valence-corrected chi connectivity index (χ3v) is 5.67. The van der Waals surface area contributed by atoms with E-state index in [2.05, 4.69) is 23.5 Å². The first kappa shape index (κ1) is 15.9. The maximum Gasteiger partial charge on any atom is 0.214 e. The minimum atomic E-state index is -3.17. The van der Waals surface area contributed by atoms with Gasteiger partial charge in [-0.05, 0) is 33.2 Å². The molecule has 1 heterocycles. The van der Waals surface area contributed by atoms with Gasteiger partial charge in [-0.15, -0.1) is 0 Å². The standard InChI is InChI=1S/C12H26N2O3S/c1-4-11(2)14(3)8-7-13-18(15,16)12-5-9-17-10-6-12/h11-13H,4-10H2,1-3H3/t11-/m1/s1. The molecule has 1 N–H and O–H groups in total. The van der Waals surface area contributed by atoms with Gasteiger partial charge in [-0.3, -0.25) is 0 Å². The molecular formula is C12H26N2O3S. The van der Waals surface area contributed by atoms with E-state index >= 15 is 0 Å². The quantitative estimate of drug-likeness (QED) is 0.749. The SMILES string of the molecule is CC[C@@H](C)N(C)CCNS(=O)(=O)C1CCOCC1. The van der Waals surface area contributed by atoms with E-state index in [4.69, 9.17) is 4.74 Å². The van der Waals surface area contributed by atoms with E-state index in [0.29, 0.717) is 38.6 Å².